The highest BCUT2D eigenvalue weighted by molar-refractivity contribution is 5.73. The van der Waals surface area contributed by atoms with E-state index in [4.69, 9.17) is 0 Å². The van der Waals surface area contributed by atoms with Crippen molar-refractivity contribution >= 4 is 5.97 Å². The lowest BCUT2D eigenvalue weighted by atomic mass is 9.80. The van der Waals surface area contributed by atoms with Crippen molar-refractivity contribution in [3.05, 3.63) is 12.8 Å². The third-order valence-corrected chi connectivity index (χ3v) is 2.03. The van der Waals surface area contributed by atoms with Gasteiger partial charge in [0.15, 0.2) is 0 Å². The molecule has 11 heavy (non-hydrogen) atoms. The van der Waals surface area contributed by atoms with Crippen molar-refractivity contribution in [2.75, 3.05) is 7.11 Å². The average Bonchev–Trinajstić information content (AvgIpc) is 1.94. The number of nitrogens with one attached hydrogen (secondary N) is 1. The lowest BCUT2D eigenvalue weighted by Crippen LogP contribution is -2.42. The second-order valence-corrected chi connectivity index (χ2v) is 2.76. The molecule has 0 spiro atoms. The molecule has 0 radical (unpaired) electrons. The van der Waals surface area contributed by atoms with Crippen molar-refractivity contribution in [3.8, 4) is 0 Å². The van der Waals surface area contributed by atoms with Crippen LogP contribution in [0.5, 0.6) is 0 Å². The number of methoxy groups -OCH3 is 1. The van der Waals surface area contributed by atoms with E-state index in [0.29, 0.717) is 6.04 Å². The molecule has 0 aliphatic heterocycles. The van der Waals surface area contributed by atoms with Gasteiger partial charge >= 0.3 is 5.97 Å². The molecular weight excluding hydrogens is 142 g/mol. The van der Waals surface area contributed by atoms with E-state index in [9.17, 15) is 4.79 Å². The summed E-state index contributed by atoms with van der Waals surface area (Å²) in [7, 11) is 1.43. The fraction of sp³-hybridized carbons (Fsp3) is 0.625. The van der Waals surface area contributed by atoms with Gasteiger partial charge in [0.1, 0.15) is 0 Å². The van der Waals surface area contributed by atoms with Gasteiger partial charge < -0.3 is 10.1 Å². The van der Waals surface area contributed by atoms with Gasteiger partial charge in [-0.15, -0.1) is 0 Å². The van der Waals surface area contributed by atoms with Gasteiger partial charge in [-0.2, -0.15) is 0 Å². The summed E-state index contributed by atoms with van der Waals surface area (Å²) < 4.78 is 4.59. The van der Waals surface area contributed by atoms with Crippen LogP contribution in [0.1, 0.15) is 12.8 Å². The Morgan fingerprint density at radius 1 is 1.73 bits per heavy atom. The van der Waals surface area contributed by atoms with Crippen LogP contribution in [0.25, 0.3) is 0 Å². The number of ether oxygens (including phenoxy) is 1. The Morgan fingerprint density at radius 2 is 2.36 bits per heavy atom. The molecule has 1 saturated carbocycles. The van der Waals surface area contributed by atoms with Crippen LogP contribution in [0.4, 0.5) is 0 Å². The molecule has 1 aliphatic rings. The molecular formula is C8H13NO2. The number of carbonyl (C=O) groups excluding carboxylic acids is 1. The lowest BCUT2D eigenvalue weighted by molar-refractivity contribution is -0.149. The largest absolute Gasteiger partial charge is 0.469 e. The van der Waals surface area contributed by atoms with Crippen LogP contribution in [0.15, 0.2) is 12.8 Å². The van der Waals surface area contributed by atoms with Crippen LogP contribution >= 0.6 is 0 Å². The Balaban J connectivity index is 2.18. The molecule has 1 fully saturated rings. The highest BCUT2D eigenvalue weighted by Gasteiger charge is 2.34. The van der Waals surface area contributed by atoms with Crippen molar-refractivity contribution < 1.29 is 9.53 Å². The molecule has 0 aromatic carbocycles. The van der Waals surface area contributed by atoms with E-state index in [1.807, 2.05) is 0 Å². The van der Waals surface area contributed by atoms with E-state index in [0.717, 1.165) is 12.8 Å². The summed E-state index contributed by atoms with van der Waals surface area (Å²) >= 11 is 0. The number of esters is 1. The fourth-order valence-corrected chi connectivity index (χ4v) is 1.28. The summed E-state index contributed by atoms with van der Waals surface area (Å²) in [6, 6.07) is 0.427. The second-order valence-electron chi connectivity index (χ2n) is 2.76. The smallest absolute Gasteiger partial charge is 0.308 e. The summed E-state index contributed by atoms with van der Waals surface area (Å²) in [5.41, 5.74) is 0. The van der Waals surface area contributed by atoms with Crippen LogP contribution in [-0.2, 0) is 9.53 Å². The Bertz CT molecular complexity index is 161. The summed E-state index contributed by atoms with van der Waals surface area (Å²) in [5.74, 6) is 0.0181. The van der Waals surface area contributed by atoms with E-state index >= 15 is 0 Å². The molecule has 3 heteroatoms. The molecule has 0 bridgehead atoms. The van der Waals surface area contributed by atoms with Crippen LogP contribution in [-0.4, -0.2) is 19.1 Å². The SMILES string of the molecule is C=CNC1CC(C(=O)OC)C1. The van der Waals surface area contributed by atoms with Gasteiger partial charge in [0.25, 0.3) is 0 Å². The summed E-state index contributed by atoms with van der Waals surface area (Å²) in [6.07, 6.45) is 3.41. The normalized spacial score (nSPS) is 28.5. The minimum Gasteiger partial charge on any atom is -0.469 e. The zero-order chi connectivity index (χ0) is 8.27. The first-order valence-corrected chi connectivity index (χ1v) is 3.72. The zero-order valence-electron chi connectivity index (χ0n) is 6.67. The minimum atomic E-state index is -0.0906. The van der Waals surface area contributed by atoms with Gasteiger partial charge in [0.05, 0.1) is 13.0 Å². The van der Waals surface area contributed by atoms with E-state index in [1.54, 1.807) is 6.20 Å². The molecule has 1 N–H and O–H groups in total. The van der Waals surface area contributed by atoms with Crippen molar-refractivity contribution in [2.24, 2.45) is 5.92 Å². The third-order valence-electron chi connectivity index (χ3n) is 2.03. The standard InChI is InChI=1S/C8H13NO2/c1-3-9-7-4-6(5-7)8(10)11-2/h3,6-7,9H,1,4-5H2,2H3. The van der Waals surface area contributed by atoms with Crippen molar-refractivity contribution in [1.82, 2.24) is 5.32 Å². The second kappa shape index (κ2) is 3.42. The van der Waals surface area contributed by atoms with E-state index < -0.39 is 0 Å². The van der Waals surface area contributed by atoms with Gasteiger partial charge in [0.2, 0.25) is 0 Å². The summed E-state index contributed by atoms with van der Waals surface area (Å²) in [4.78, 5) is 10.9. The Labute approximate surface area is 66.4 Å². The van der Waals surface area contributed by atoms with Gasteiger partial charge in [-0.3, -0.25) is 4.79 Å². The topological polar surface area (TPSA) is 38.3 Å². The molecule has 3 nitrogen and oxygen atoms in total. The van der Waals surface area contributed by atoms with Crippen molar-refractivity contribution in [1.29, 1.82) is 0 Å². The average molecular weight is 155 g/mol. The monoisotopic (exact) mass is 155 g/mol. The highest BCUT2D eigenvalue weighted by Crippen LogP contribution is 2.28. The maximum atomic E-state index is 10.9. The molecule has 62 valence electrons. The predicted molar refractivity (Wildman–Crippen MR) is 41.9 cm³/mol. The first kappa shape index (κ1) is 8.11. The van der Waals surface area contributed by atoms with Gasteiger partial charge in [-0.1, -0.05) is 6.58 Å². The van der Waals surface area contributed by atoms with Crippen molar-refractivity contribution in [2.45, 2.75) is 18.9 Å². The minimum absolute atomic E-state index is 0.0906. The lowest BCUT2D eigenvalue weighted by Gasteiger charge is -2.33. The number of hydrogen-bond donors (Lipinski definition) is 1. The highest BCUT2D eigenvalue weighted by atomic mass is 16.5. The quantitative estimate of drug-likeness (QED) is 0.609. The van der Waals surface area contributed by atoms with E-state index in [1.165, 1.54) is 7.11 Å². The fourth-order valence-electron chi connectivity index (χ4n) is 1.28. The molecule has 0 atom stereocenters. The van der Waals surface area contributed by atoms with Crippen LogP contribution in [0.2, 0.25) is 0 Å². The Kier molecular flexibility index (Phi) is 2.52. The maximum Gasteiger partial charge on any atom is 0.308 e. The molecule has 1 rings (SSSR count). The molecule has 0 unspecified atom stereocenters. The summed E-state index contributed by atoms with van der Waals surface area (Å²) in [5, 5.41) is 3.05. The van der Waals surface area contributed by atoms with E-state index in [-0.39, 0.29) is 11.9 Å². The first-order valence-electron chi connectivity index (χ1n) is 3.72. The van der Waals surface area contributed by atoms with Crippen LogP contribution in [0.3, 0.4) is 0 Å². The molecule has 0 aromatic heterocycles. The Morgan fingerprint density at radius 3 is 2.82 bits per heavy atom. The molecule has 0 aromatic rings. The zero-order valence-corrected chi connectivity index (χ0v) is 6.67. The number of carbonyl (C=O) groups is 1. The third kappa shape index (κ3) is 1.73. The van der Waals surface area contributed by atoms with Crippen molar-refractivity contribution in [3.63, 3.8) is 0 Å². The molecule has 1 aliphatic carbocycles. The molecule has 0 saturated heterocycles. The summed E-state index contributed by atoms with van der Waals surface area (Å²) in [6.45, 7) is 3.55. The Hall–Kier alpha value is -0.990. The van der Waals surface area contributed by atoms with Gasteiger partial charge in [0, 0.05) is 6.04 Å². The van der Waals surface area contributed by atoms with Crippen LogP contribution < -0.4 is 5.32 Å². The number of rotatable bonds is 3. The first-order chi connectivity index (χ1) is 5.27. The molecule has 0 amide bonds. The predicted octanol–water partition coefficient (Wildman–Crippen LogP) is 0.671. The molecule has 0 heterocycles. The van der Waals surface area contributed by atoms with Gasteiger partial charge in [-0.05, 0) is 19.0 Å². The maximum absolute atomic E-state index is 10.9. The van der Waals surface area contributed by atoms with E-state index in [2.05, 4.69) is 16.6 Å². The van der Waals surface area contributed by atoms with Crippen LogP contribution in [0, 0.1) is 5.92 Å². The van der Waals surface area contributed by atoms with Gasteiger partial charge in [-0.25, -0.2) is 0 Å². The number of hydrogen-bond acceptors (Lipinski definition) is 3.